The van der Waals surface area contributed by atoms with E-state index >= 15 is 0 Å². The molecule has 2 aliphatic heterocycles. The van der Waals surface area contributed by atoms with Crippen molar-refractivity contribution in [3.8, 4) is 12.3 Å². The van der Waals surface area contributed by atoms with E-state index in [0.29, 0.717) is 5.95 Å². The highest BCUT2D eigenvalue weighted by Gasteiger charge is 2.20. The summed E-state index contributed by atoms with van der Waals surface area (Å²) in [4.78, 5) is 18.8. The highest BCUT2D eigenvalue weighted by atomic mass is 35.5. The van der Waals surface area contributed by atoms with Crippen LogP contribution in [0.1, 0.15) is 49.8 Å². The SMILES string of the molecule is C#Cc1cccc(Nc2nc(N3CCCCC3)nc(N3CCCCC3)n2)c1.Cl.N.N.N.N.[HH].[HH].[HH].[HH]. The van der Waals surface area contributed by atoms with Crippen molar-refractivity contribution in [3.63, 3.8) is 0 Å². The molecule has 0 spiro atoms. The molecular formula is C21H47ClN10. The van der Waals surface area contributed by atoms with Crippen LogP contribution in [0.15, 0.2) is 24.3 Å². The standard InChI is InChI=1S/C21H26N6.ClH.4H3N.4H2/c1-2-17-10-9-11-18(16-17)22-19-23-20(26-12-5-3-6-13-26)25-21(24-19)27-14-7-4-8-15-27;;;;;;;;;/h1,9-11,16H,3-8,12-15H2,(H,22,23,24,25);1H;4*1H3;4*1H. The van der Waals surface area contributed by atoms with Crippen molar-refractivity contribution >= 4 is 35.9 Å². The van der Waals surface area contributed by atoms with Crippen molar-refractivity contribution < 1.29 is 5.71 Å². The number of piperidine rings is 2. The van der Waals surface area contributed by atoms with Crippen LogP contribution in [-0.2, 0) is 0 Å². The van der Waals surface area contributed by atoms with E-state index in [2.05, 4.69) is 21.0 Å². The van der Waals surface area contributed by atoms with Gasteiger partial charge in [0.25, 0.3) is 0 Å². The average Bonchev–Trinajstić information content (AvgIpc) is 2.75. The van der Waals surface area contributed by atoms with Gasteiger partial charge < -0.3 is 39.7 Å². The van der Waals surface area contributed by atoms with Gasteiger partial charge in [-0.25, -0.2) is 0 Å². The van der Waals surface area contributed by atoms with Gasteiger partial charge in [-0.3, -0.25) is 0 Å². The van der Waals surface area contributed by atoms with E-state index in [9.17, 15) is 0 Å². The average molecular weight is 475 g/mol. The van der Waals surface area contributed by atoms with E-state index in [0.717, 1.165) is 49.3 Å². The molecule has 10 nitrogen and oxygen atoms in total. The molecule has 4 rings (SSSR count). The zero-order valence-electron chi connectivity index (χ0n) is 18.9. The van der Waals surface area contributed by atoms with Crippen LogP contribution in [0.3, 0.4) is 0 Å². The van der Waals surface area contributed by atoms with E-state index in [-0.39, 0.29) is 42.7 Å². The number of nitrogens with one attached hydrogen (secondary N) is 1. The van der Waals surface area contributed by atoms with Crippen LogP contribution in [0.4, 0.5) is 23.5 Å². The first-order valence-corrected chi connectivity index (χ1v) is 9.91. The Kier molecular flexibility index (Phi) is 14.9. The lowest BCUT2D eigenvalue weighted by Crippen LogP contribution is -2.34. The molecule has 2 fully saturated rings. The monoisotopic (exact) mass is 474 g/mol. The minimum Gasteiger partial charge on any atom is -0.344 e. The number of anilines is 4. The summed E-state index contributed by atoms with van der Waals surface area (Å²) in [6.45, 7) is 4.04. The maximum atomic E-state index is 5.52. The van der Waals surface area contributed by atoms with Gasteiger partial charge in [0.15, 0.2) is 0 Å². The third-order valence-electron chi connectivity index (χ3n) is 5.17. The first-order chi connectivity index (χ1) is 13.3. The fourth-order valence-corrected chi connectivity index (χ4v) is 3.70. The molecule has 2 aromatic rings. The quantitative estimate of drug-likeness (QED) is 0.345. The summed E-state index contributed by atoms with van der Waals surface area (Å²) in [7, 11) is 0. The molecule has 2 saturated heterocycles. The number of rotatable bonds is 4. The summed E-state index contributed by atoms with van der Waals surface area (Å²) < 4.78 is 0. The molecule has 11 heteroatoms. The van der Waals surface area contributed by atoms with Crippen molar-refractivity contribution in [2.24, 2.45) is 0 Å². The van der Waals surface area contributed by atoms with Crippen molar-refractivity contribution in [2.75, 3.05) is 41.3 Å². The largest absolute Gasteiger partial charge is 0.344 e. The lowest BCUT2D eigenvalue weighted by molar-refractivity contribution is 0.556. The van der Waals surface area contributed by atoms with Gasteiger partial charge in [-0.05, 0) is 56.7 Å². The summed E-state index contributed by atoms with van der Waals surface area (Å²) in [5, 5.41) is 3.33. The van der Waals surface area contributed by atoms with E-state index in [4.69, 9.17) is 21.4 Å². The Bertz CT molecular complexity index is 811. The number of nitrogens with zero attached hydrogens (tertiary/aromatic N) is 5. The molecule has 32 heavy (non-hydrogen) atoms. The topological polar surface area (TPSA) is 197 Å². The molecule has 0 amide bonds. The van der Waals surface area contributed by atoms with Gasteiger partial charge in [0.05, 0.1) is 0 Å². The lowest BCUT2D eigenvalue weighted by atomic mass is 10.1. The fraction of sp³-hybridized carbons (Fsp3) is 0.476. The third kappa shape index (κ3) is 7.78. The first kappa shape index (κ1) is 31.5. The molecule has 0 unspecified atom stereocenters. The summed E-state index contributed by atoms with van der Waals surface area (Å²) in [5.74, 6) is 4.81. The van der Waals surface area contributed by atoms with Crippen molar-refractivity contribution in [3.05, 3.63) is 29.8 Å². The molecular weight excluding hydrogens is 428 g/mol. The summed E-state index contributed by atoms with van der Waals surface area (Å²) in [6, 6.07) is 7.77. The van der Waals surface area contributed by atoms with Crippen LogP contribution in [0.5, 0.6) is 0 Å². The van der Waals surface area contributed by atoms with Crippen molar-refractivity contribution in [1.29, 1.82) is 0 Å². The van der Waals surface area contributed by atoms with Gasteiger partial charge >= 0.3 is 0 Å². The molecule has 2 aliphatic rings. The maximum absolute atomic E-state index is 5.52. The second kappa shape index (κ2) is 15.2. The maximum Gasteiger partial charge on any atom is 0.233 e. The van der Waals surface area contributed by atoms with Gasteiger partial charge in [0.2, 0.25) is 17.8 Å². The lowest BCUT2D eigenvalue weighted by Gasteiger charge is -2.30. The minimum atomic E-state index is 0. The number of hydrogen-bond donors (Lipinski definition) is 5. The van der Waals surface area contributed by atoms with Crippen LogP contribution in [-0.4, -0.2) is 41.1 Å². The zero-order chi connectivity index (χ0) is 18.5. The van der Waals surface area contributed by atoms with Gasteiger partial charge in [0, 0.05) is 43.1 Å². The Morgan fingerprint density at radius 1 is 0.781 bits per heavy atom. The van der Waals surface area contributed by atoms with Crippen LogP contribution in [0, 0.1) is 12.3 Å². The van der Waals surface area contributed by atoms with Crippen molar-refractivity contribution in [1.82, 2.24) is 39.6 Å². The fourth-order valence-electron chi connectivity index (χ4n) is 3.70. The highest BCUT2D eigenvalue weighted by Crippen LogP contribution is 2.24. The first-order valence-electron chi connectivity index (χ1n) is 9.91. The van der Waals surface area contributed by atoms with E-state index < -0.39 is 0 Å². The second-order valence-electron chi connectivity index (χ2n) is 7.20. The third-order valence-corrected chi connectivity index (χ3v) is 5.17. The number of aromatic nitrogens is 3. The Morgan fingerprint density at radius 3 is 1.75 bits per heavy atom. The molecule has 1 aromatic heterocycles. The van der Waals surface area contributed by atoms with Crippen molar-refractivity contribution in [2.45, 2.75) is 38.5 Å². The molecule has 13 N–H and O–H groups in total. The number of halogens is 1. The second-order valence-corrected chi connectivity index (χ2v) is 7.20. The number of hydrogen-bond acceptors (Lipinski definition) is 10. The Morgan fingerprint density at radius 2 is 1.28 bits per heavy atom. The van der Waals surface area contributed by atoms with E-state index in [1.165, 1.54) is 38.5 Å². The summed E-state index contributed by atoms with van der Waals surface area (Å²) >= 11 is 0. The predicted octanol–water partition coefficient (Wildman–Crippen LogP) is 5.63. The van der Waals surface area contributed by atoms with Gasteiger partial charge in [-0.2, -0.15) is 15.0 Å². The van der Waals surface area contributed by atoms with Crippen LogP contribution in [0.2, 0.25) is 0 Å². The smallest absolute Gasteiger partial charge is 0.233 e. The van der Waals surface area contributed by atoms with Gasteiger partial charge in [-0.1, -0.05) is 12.0 Å². The van der Waals surface area contributed by atoms with E-state index in [1.54, 1.807) is 0 Å². The van der Waals surface area contributed by atoms with Gasteiger partial charge in [0.1, 0.15) is 0 Å². The molecule has 0 aliphatic carbocycles. The molecule has 0 bridgehead atoms. The van der Waals surface area contributed by atoms with Crippen LogP contribution >= 0.6 is 12.4 Å². The Balaban J connectivity index is -0.000000250. The molecule has 0 atom stereocenters. The minimum absolute atomic E-state index is 0. The normalized spacial score (nSPS) is 14.7. The van der Waals surface area contributed by atoms with Crippen LogP contribution in [0.25, 0.3) is 0 Å². The number of terminal acetylenes is 1. The predicted molar refractivity (Wildman–Crippen MR) is 145 cm³/mol. The van der Waals surface area contributed by atoms with E-state index in [1.807, 2.05) is 24.3 Å². The molecule has 3 heterocycles. The molecule has 188 valence electrons. The molecule has 0 saturated carbocycles. The zero-order valence-corrected chi connectivity index (χ0v) is 19.7. The summed E-state index contributed by atoms with van der Waals surface area (Å²) in [6.07, 6.45) is 12.9. The highest BCUT2D eigenvalue weighted by molar-refractivity contribution is 5.85. The Hall–Kier alpha value is -2.68. The van der Waals surface area contributed by atoms with Gasteiger partial charge in [-0.15, -0.1) is 18.8 Å². The molecule has 1 aromatic carbocycles. The molecule has 0 radical (unpaired) electrons. The Labute approximate surface area is 203 Å². The number of benzene rings is 1. The summed E-state index contributed by atoms with van der Waals surface area (Å²) in [5.41, 5.74) is 1.73. The van der Waals surface area contributed by atoms with Crippen LogP contribution < -0.4 is 39.7 Å².